The van der Waals surface area contributed by atoms with Crippen LogP contribution in [0.3, 0.4) is 0 Å². The second kappa shape index (κ2) is 9.53. The van der Waals surface area contributed by atoms with E-state index in [0.29, 0.717) is 19.5 Å². The summed E-state index contributed by atoms with van der Waals surface area (Å²) in [6.07, 6.45) is 4.25. The van der Waals surface area contributed by atoms with E-state index in [9.17, 15) is 4.79 Å². The highest BCUT2D eigenvalue weighted by Crippen LogP contribution is 2.30. The van der Waals surface area contributed by atoms with Crippen LogP contribution in [0.25, 0.3) is 0 Å². The maximum Gasteiger partial charge on any atom is 0.221 e. The Bertz CT molecular complexity index is 487. The summed E-state index contributed by atoms with van der Waals surface area (Å²) in [5, 5.41) is 6.10. The Morgan fingerprint density at radius 1 is 1.26 bits per heavy atom. The van der Waals surface area contributed by atoms with Crippen LogP contribution < -0.4 is 15.4 Å². The Morgan fingerprint density at radius 3 is 2.70 bits per heavy atom. The molecule has 0 aliphatic carbocycles. The molecular weight excluding hydrogens is 290 g/mol. The third kappa shape index (κ3) is 5.22. The Labute approximate surface area is 139 Å². The number of carbonyl (C=O) groups excluding carboxylic acids is 1. The van der Waals surface area contributed by atoms with E-state index < -0.39 is 0 Å². The number of carbonyl (C=O) groups is 1. The maximum absolute atomic E-state index is 12.0. The van der Waals surface area contributed by atoms with Crippen molar-refractivity contribution in [1.82, 2.24) is 15.5 Å². The molecule has 1 saturated heterocycles. The van der Waals surface area contributed by atoms with Gasteiger partial charge in [-0.25, -0.2) is 0 Å². The van der Waals surface area contributed by atoms with Gasteiger partial charge < -0.3 is 15.4 Å². The van der Waals surface area contributed by atoms with Gasteiger partial charge in [-0.1, -0.05) is 24.6 Å². The third-order valence-corrected chi connectivity index (χ3v) is 4.42. The van der Waals surface area contributed by atoms with Crippen LogP contribution in [0.1, 0.15) is 37.3 Å². The van der Waals surface area contributed by atoms with Crippen molar-refractivity contribution < 1.29 is 9.53 Å². The third-order valence-electron chi connectivity index (χ3n) is 4.42. The highest BCUT2D eigenvalue weighted by Gasteiger charge is 2.25. The molecule has 0 radical (unpaired) electrons. The van der Waals surface area contributed by atoms with E-state index in [4.69, 9.17) is 4.74 Å². The fourth-order valence-corrected chi connectivity index (χ4v) is 3.14. The quantitative estimate of drug-likeness (QED) is 0.769. The number of benzene rings is 1. The zero-order chi connectivity index (χ0) is 16.5. The lowest BCUT2D eigenvalue weighted by Gasteiger charge is -2.35. The molecule has 1 aromatic rings. The van der Waals surface area contributed by atoms with Crippen molar-refractivity contribution in [2.75, 3.05) is 40.3 Å². The Hall–Kier alpha value is -1.59. The Balaban J connectivity index is 2.09. The van der Waals surface area contributed by atoms with Gasteiger partial charge in [0.05, 0.1) is 13.2 Å². The number of likely N-dealkylation sites (tertiary alicyclic amines) is 1. The topological polar surface area (TPSA) is 53.6 Å². The molecule has 1 fully saturated rings. The largest absolute Gasteiger partial charge is 0.496 e. The molecule has 2 rings (SSSR count). The second-order valence-electron chi connectivity index (χ2n) is 6.01. The number of nitrogens with one attached hydrogen (secondary N) is 2. The predicted octanol–water partition coefficient (Wildman–Crippen LogP) is 1.95. The molecule has 0 bridgehead atoms. The van der Waals surface area contributed by atoms with Crippen LogP contribution in [0.4, 0.5) is 0 Å². The van der Waals surface area contributed by atoms with Gasteiger partial charge in [-0.15, -0.1) is 0 Å². The standard InChI is InChI=1S/C18H29N3O2/c1-19-11-10-18(22)20-14-16(21-12-6-3-7-13-21)15-8-4-5-9-17(15)23-2/h4-5,8-9,16,19H,3,6-7,10-14H2,1-2H3,(H,20,22). The summed E-state index contributed by atoms with van der Waals surface area (Å²) in [4.78, 5) is 14.4. The van der Waals surface area contributed by atoms with Crippen molar-refractivity contribution in [3.8, 4) is 5.75 Å². The molecule has 1 aromatic carbocycles. The van der Waals surface area contributed by atoms with Crippen molar-refractivity contribution in [2.24, 2.45) is 0 Å². The Kier molecular flexibility index (Phi) is 7.36. The molecule has 5 heteroatoms. The lowest BCUT2D eigenvalue weighted by molar-refractivity contribution is -0.121. The van der Waals surface area contributed by atoms with E-state index in [1.54, 1.807) is 7.11 Å². The number of para-hydroxylation sites is 1. The molecule has 1 heterocycles. The number of hydrogen-bond acceptors (Lipinski definition) is 4. The van der Waals surface area contributed by atoms with E-state index in [0.717, 1.165) is 24.4 Å². The number of methoxy groups -OCH3 is 1. The lowest BCUT2D eigenvalue weighted by atomic mass is 10.0. The summed E-state index contributed by atoms with van der Waals surface area (Å²) in [6.45, 7) is 3.49. The van der Waals surface area contributed by atoms with E-state index in [1.165, 1.54) is 19.3 Å². The first-order valence-corrected chi connectivity index (χ1v) is 8.54. The highest BCUT2D eigenvalue weighted by atomic mass is 16.5. The number of ether oxygens (including phenoxy) is 1. The Morgan fingerprint density at radius 2 is 2.00 bits per heavy atom. The monoisotopic (exact) mass is 319 g/mol. The van der Waals surface area contributed by atoms with Crippen molar-refractivity contribution in [1.29, 1.82) is 0 Å². The van der Waals surface area contributed by atoms with Crippen LogP contribution >= 0.6 is 0 Å². The molecule has 1 amide bonds. The summed E-state index contributed by atoms with van der Waals surface area (Å²) < 4.78 is 5.54. The molecular formula is C18H29N3O2. The SMILES string of the molecule is CNCCC(=O)NCC(c1ccccc1OC)N1CCCCC1. The first-order valence-electron chi connectivity index (χ1n) is 8.54. The molecule has 1 atom stereocenters. The molecule has 1 aliphatic rings. The van der Waals surface area contributed by atoms with Gasteiger partial charge in [0.25, 0.3) is 0 Å². The minimum atomic E-state index is 0.0938. The number of hydrogen-bond donors (Lipinski definition) is 2. The van der Waals surface area contributed by atoms with Crippen molar-refractivity contribution >= 4 is 5.91 Å². The van der Waals surface area contributed by atoms with Crippen LogP contribution in [0.5, 0.6) is 5.75 Å². The number of nitrogens with zero attached hydrogens (tertiary/aromatic N) is 1. The molecule has 1 unspecified atom stereocenters. The zero-order valence-corrected chi connectivity index (χ0v) is 14.3. The van der Waals surface area contributed by atoms with Gasteiger partial charge in [-0.3, -0.25) is 9.69 Å². The van der Waals surface area contributed by atoms with Gasteiger partial charge in [-0.05, 0) is 39.0 Å². The summed E-state index contributed by atoms with van der Waals surface area (Å²) in [7, 11) is 3.57. The van der Waals surface area contributed by atoms with Crippen LogP contribution in [-0.2, 0) is 4.79 Å². The average Bonchev–Trinajstić information content (AvgIpc) is 2.61. The van der Waals surface area contributed by atoms with Crippen LogP contribution in [0.15, 0.2) is 24.3 Å². The van der Waals surface area contributed by atoms with Gasteiger partial charge in [0, 0.05) is 25.1 Å². The van der Waals surface area contributed by atoms with Gasteiger partial charge in [0.2, 0.25) is 5.91 Å². The van der Waals surface area contributed by atoms with Gasteiger partial charge in [0.15, 0.2) is 0 Å². The van der Waals surface area contributed by atoms with Gasteiger partial charge >= 0.3 is 0 Å². The first-order chi connectivity index (χ1) is 11.3. The van der Waals surface area contributed by atoms with E-state index in [-0.39, 0.29) is 11.9 Å². The fourth-order valence-electron chi connectivity index (χ4n) is 3.14. The van der Waals surface area contributed by atoms with Crippen molar-refractivity contribution in [3.63, 3.8) is 0 Å². The van der Waals surface area contributed by atoms with E-state index in [1.807, 2.05) is 25.2 Å². The first kappa shape index (κ1) is 17.8. The van der Waals surface area contributed by atoms with E-state index >= 15 is 0 Å². The molecule has 0 spiro atoms. The summed E-state index contributed by atoms with van der Waals surface area (Å²) in [6, 6.07) is 8.30. The highest BCUT2D eigenvalue weighted by molar-refractivity contribution is 5.76. The molecule has 0 saturated carbocycles. The van der Waals surface area contributed by atoms with Gasteiger partial charge in [0.1, 0.15) is 5.75 Å². The van der Waals surface area contributed by atoms with Gasteiger partial charge in [-0.2, -0.15) is 0 Å². The van der Waals surface area contributed by atoms with Crippen LogP contribution in [0, 0.1) is 0 Å². The molecule has 23 heavy (non-hydrogen) atoms. The molecule has 1 aliphatic heterocycles. The molecule has 128 valence electrons. The predicted molar refractivity (Wildman–Crippen MR) is 92.7 cm³/mol. The van der Waals surface area contributed by atoms with Crippen LogP contribution in [-0.4, -0.2) is 51.1 Å². The number of amides is 1. The molecule has 0 aromatic heterocycles. The average molecular weight is 319 g/mol. The smallest absolute Gasteiger partial charge is 0.221 e. The summed E-state index contributed by atoms with van der Waals surface area (Å²) in [5.41, 5.74) is 1.16. The lowest BCUT2D eigenvalue weighted by Crippen LogP contribution is -2.41. The summed E-state index contributed by atoms with van der Waals surface area (Å²) >= 11 is 0. The second-order valence-corrected chi connectivity index (χ2v) is 6.01. The number of rotatable bonds is 8. The normalized spacial score (nSPS) is 16.8. The molecule has 2 N–H and O–H groups in total. The van der Waals surface area contributed by atoms with Crippen LogP contribution in [0.2, 0.25) is 0 Å². The number of piperidine rings is 1. The summed E-state index contributed by atoms with van der Waals surface area (Å²) in [5.74, 6) is 0.990. The maximum atomic E-state index is 12.0. The van der Waals surface area contributed by atoms with Crippen molar-refractivity contribution in [2.45, 2.75) is 31.7 Å². The minimum Gasteiger partial charge on any atom is -0.496 e. The van der Waals surface area contributed by atoms with E-state index in [2.05, 4.69) is 21.6 Å². The molecule has 5 nitrogen and oxygen atoms in total. The minimum absolute atomic E-state index is 0.0938. The fraction of sp³-hybridized carbons (Fsp3) is 0.611. The van der Waals surface area contributed by atoms with Crippen molar-refractivity contribution in [3.05, 3.63) is 29.8 Å². The zero-order valence-electron chi connectivity index (χ0n) is 14.3.